The van der Waals surface area contributed by atoms with E-state index in [0.29, 0.717) is 5.92 Å². The Kier molecular flexibility index (Phi) is 5.28. The first-order valence-electron chi connectivity index (χ1n) is 6.60. The minimum Gasteiger partial charge on any atom is -0.497 e. The number of hydrogen-bond donors (Lipinski definition) is 0. The number of rotatable bonds is 4. The van der Waals surface area contributed by atoms with Crippen LogP contribution < -0.4 is 4.74 Å². The molecule has 2 aromatic rings. The Morgan fingerprint density at radius 3 is 2.05 bits per heavy atom. The van der Waals surface area contributed by atoms with Gasteiger partial charge in [0, 0.05) is 4.47 Å². The van der Waals surface area contributed by atoms with E-state index in [1.54, 1.807) is 7.11 Å². The van der Waals surface area contributed by atoms with Gasteiger partial charge < -0.3 is 4.74 Å². The number of hydrogen-bond acceptors (Lipinski definition) is 1. The zero-order chi connectivity index (χ0) is 14.7. The van der Waals surface area contributed by atoms with Crippen LogP contribution in [0.2, 0.25) is 0 Å². The molecule has 2 rings (SSSR count). The predicted molar refractivity (Wildman–Crippen MR) is 92.0 cm³/mol. The minimum absolute atomic E-state index is 0.170. The number of alkyl halides is 1. The number of ether oxygens (including phenoxy) is 1. The first kappa shape index (κ1) is 15.6. The number of benzene rings is 2. The standard InChI is InChI=1S/C17H18Br2O/c1-11(2)12-4-6-13(7-5-12)17(19)15-9-8-14(20-3)10-16(15)18/h4-11,17H,1-3H3. The summed E-state index contributed by atoms with van der Waals surface area (Å²) in [6.07, 6.45) is 0. The van der Waals surface area contributed by atoms with Crippen LogP contribution in [-0.2, 0) is 0 Å². The third-order valence-corrected chi connectivity index (χ3v) is 5.09. The Morgan fingerprint density at radius 1 is 0.950 bits per heavy atom. The van der Waals surface area contributed by atoms with Crippen molar-refractivity contribution in [2.45, 2.75) is 24.6 Å². The molecule has 2 aromatic carbocycles. The van der Waals surface area contributed by atoms with Crippen molar-refractivity contribution >= 4 is 31.9 Å². The Labute approximate surface area is 137 Å². The van der Waals surface area contributed by atoms with E-state index in [9.17, 15) is 0 Å². The van der Waals surface area contributed by atoms with Gasteiger partial charge in [0.2, 0.25) is 0 Å². The van der Waals surface area contributed by atoms with Crippen LogP contribution >= 0.6 is 31.9 Å². The van der Waals surface area contributed by atoms with E-state index in [4.69, 9.17) is 4.74 Å². The Bertz CT molecular complexity index is 576. The van der Waals surface area contributed by atoms with Gasteiger partial charge in [-0.05, 0) is 34.7 Å². The molecule has 0 aliphatic heterocycles. The van der Waals surface area contributed by atoms with Gasteiger partial charge in [-0.25, -0.2) is 0 Å². The van der Waals surface area contributed by atoms with Crippen LogP contribution in [-0.4, -0.2) is 7.11 Å². The molecule has 1 unspecified atom stereocenters. The zero-order valence-corrected chi connectivity index (χ0v) is 15.0. The van der Waals surface area contributed by atoms with Gasteiger partial charge in [0.1, 0.15) is 5.75 Å². The van der Waals surface area contributed by atoms with Gasteiger partial charge in [-0.15, -0.1) is 0 Å². The van der Waals surface area contributed by atoms with Crippen molar-refractivity contribution in [3.8, 4) is 5.75 Å². The summed E-state index contributed by atoms with van der Waals surface area (Å²) in [7, 11) is 1.68. The molecule has 0 saturated heterocycles. The highest BCUT2D eigenvalue weighted by atomic mass is 79.9. The molecule has 3 heteroatoms. The average molecular weight is 398 g/mol. The quantitative estimate of drug-likeness (QED) is 0.569. The van der Waals surface area contributed by atoms with Crippen LogP contribution in [0.25, 0.3) is 0 Å². The molecule has 0 fully saturated rings. The number of methoxy groups -OCH3 is 1. The van der Waals surface area contributed by atoms with Crippen molar-refractivity contribution in [2.24, 2.45) is 0 Å². The molecule has 0 spiro atoms. The molecular formula is C17H18Br2O. The first-order valence-corrected chi connectivity index (χ1v) is 8.31. The first-order chi connectivity index (χ1) is 9.52. The highest BCUT2D eigenvalue weighted by Crippen LogP contribution is 2.37. The maximum atomic E-state index is 5.23. The maximum absolute atomic E-state index is 5.23. The Hall–Kier alpha value is -0.800. The monoisotopic (exact) mass is 396 g/mol. The number of halogens is 2. The van der Waals surface area contributed by atoms with Crippen LogP contribution in [0.4, 0.5) is 0 Å². The molecule has 0 bridgehead atoms. The largest absolute Gasteiger partial charge is 0.497 e. The van der Waals surface area contributed by atoms with Crippen LogP contribution in [0.3, 0.4) is 0 Å². The summed E-state index contributed by atoms with van der Waals surface area (Å²) in [5, 5.41) is 0. The summed E-state index contributed by atoms with van der Waals surface area (Å²) in [4.78, 5) is 0.170. The van der Waals surface area contributed by atoms with E-state index in [1.165, 1.54) is 16.7 Å². The van der Waals surface area contributed by atoms with Gasteiger partial charge in [-0.1, -0.05) is 76.0 Å². The second-order valence-corrected chi connectivity index (χ2v) is 6.84. The predicted octanol–water partition coefficient (Wildman–Crippen LogP) is 6.07. The summed E-state index contributed by atoms with van der Waals surface area (Å²) < 4.78 is 6.28. The molecule has 1 atom stereocenters. The van der Waals surface area contributed by atoms with E-state index in [0.717, 1.165) is 10.2 Å². The summed E-state index contributed by atoms with van der Waals surface area (Å²) in [6.45, 7) is 4.42. The van der Waals surface area contributed by atoms with Crippen LogP contribution in [0.1, 0.15) is 41.3 Å². The molecule has 20 heavy (non-hydrogen) atoms. The fraction of sp³-hybridized carbons (Fsp3) is 0.294. The highest BCUT2D eigenvalue weighted by molar-refractivity contribution is 9.11. The summed E-state index contributed by atoms with van der Waals surface area (Å²) in [5.74, 6) is 1.42. The van der Waals surface area contributed by atoms with Crippen molar-refractivity contribution < 1.29 is 4.74 Å². The Balaban J connectivity index is 2.28. The molecule has 0 heterocycles. The minimum atomic E-state index is 0.170. The van der Waals surface area contributed by atoms with Crippen molar-refractivity contribution in [2.75, 3.05) is 7.11 Å². The topological polar surface area (TPSA) is 9.23 Å². The van der Waals surface area contributed by atoms with Gasteiger partial charge in [0.25, 0.3) is 0 Å². The lowest BCUT2D eigenvalue weighted by molar-refractivity contribution is 0.414. The fourth-order valence-electron chi connectivity index (χ4n) is 2.07. The smallest absolute Gasteiger partial charge is 0.120 e. The molecular weight excluding hydrogens is 380 g/mol. The SMILES string of the molecule is COc1ccc(C(Br)c2ccc(C(C)C)cc2)c(Br)c1. The van der Waals surface area contributed by atoms with E-state index in [-0.39, 0.29) is 4.83 Å². The van der Waals surface area contributed by atoms with Crippen molar-refractivity contribution in [3.05, 3.63) is 63.6 Å². The molecule has 0 aliphatic rings. The molecule has 0 saturated carbocycles. The molecule has 0 aromatic heterocycles. The average Bonchev–Trinajstić information content (AvgIpc) is 2.46. The zero-order valence-electron chi connectivity index (χ0n) is 11.9. The molecule has 0 radical (unpaired) electrons. The van der Waals surface area contributed by atoms with Crippen molar-refractivity contribution in [1.82, 2.24) is 0 Å². The highest BCUT2D eigenvalue weighted by Gasteiger charge is 2.14. The molecule has 0 aliphatic carbocycles. The lowest BCUT2D eigenvalue weighted by Gasteiger charge is -2.15. The van der Waals surface area contributed by atoms with Gasteiger partial charge >= 0.3 is 0 Å². The second kappa shape index (κ2) is 6.77. The third-order valence-electron chi connectivity index (χ3n) is 3.38. The Morgan fingerprint density at radius 2 is 1.55 bits per heavy atom. The summed E-state index contributed by atoms with van der Waals surface area (Å²) in [5.41, 5.74) is 3.81. The molecule has 1 nitrogen and oxygen atoms in total. The van der Waals surface area contributed by atoms with E-state index < -0.39 is 0 Å². The molecule has 106 valence electrons. The fourth-order valence-corrected chi connectivity index (χ4v) is 3.67. The lowest BCUT2D eigenvalue weighted by atomic mass is 9.99. The summed E-state index contributed by atoms with van der Waals surface area (Å²) >= 11 is 7.40. The van der Waals surface area contributed by atoms with Crippen molar-refractivity contribution in [3.63, 3.8) is 0 Å². The lowest BCUT2D eigenvalue weighted by Crippen LogP contribution is -1.96. The second-order valence-electron chi connectivity index (χ2n) is 5.07. The van der Waals surface area contributed by atoms with Crippen LogP contribution in [0.15, 0.2) is 46.9 Å². The third kappa shape index (κ3) is 3.44. The van der Waals surface area contributed by atoms with Crippen molar-refractivity contribution in [1.29, 1.82) is 0 Å². The van der Waals surface area contributed by atoms with Gasteiger partial charge in [-0.3, -0.25) is 0 Å². The van der Waals surface area contributed by atoms with Gasteiger partial charge in [-0.2, -0.15) is 0 Å². The van der Waals surface area contributed by atoms with E-state index in [2.05, 4.69) is 76.0 Å². The van der Waals surface area contributed by atoms with E-state index >= 15 is 0 Å². The maximum Gasteiger partial charge on any atom is 0.120 e. The normalized spacial score (nSPS) is 12.5. The van der Waals surface area contributed by atoms with Gasteiger partial charge in [0.05, 0.1) is 11.9 Å². The van der Waals surface area contributed by atoms with Crippen LogP contribution in [0, 0.1) is 0 Å². The van der Waals surface area contributed by atoms with E-state index in [1.807, 2.05) is 12.1 Å². The summed E-state index contributed by atoms with van der Waals surface area (Å²) in [6, 6.07) is 14.8. The van der Waals surface area contributed by atoms with Crippen LogP contribution in [0.5, 0.6) is 5.75 Å². The van der Waals surface area contributed by atoms with Gasteiger partial charge in [0.15, 0.2) is 0 Å². The molecule has 0 amide bonds. The molecule has 0 N–H and O–H groups in total.